The Labute approximate surface area is 151 Å². The summed E-state index contributed by atoms with van der Waals surface area (Å²) < 4.78 is 5.30. The summed E-state index contributed by atoms with van der Waals surface area (Å²) >= 11 is 0. The number of likely N-dealkylation sites (tertiary alicyclic amines) is 1. The van der Waals surface area contributed by atoms with E-state index in [2.05, 4.69) is 9.97 Å². The molecule has 0 spiro atoms. The predicted octanol–water partition coefficient (Wildman–Crippen LogP) is 2.59. The van der Waals surface area contributed by atoms with Gasteiger partial charge >= 0.3 is 0 Å². The van der Waals surface area contributed by atoms with Gasteiger partial charge in [-0.1, -0.05) is 18.2 Å². The van der Waals surface area contributed by atoms with Gasteiger partial charge in [-0.25, -0.2) is 0 Å². The molecule has 1 N–H and O–H groups in total. The highest BCUT2D eigenvalue weighted by Crippen LogP contribution is 2.35. The maximum Gasteiger partial charge on any atom is 0.256 e. The van der Waals surface area contributed by atoms with Gasteiger partial charge < -0.3 is 14.7 Å². The molecule has 0 unspecified atom stereocenters. The molecular weight excluding hydrogens is 330 g/mol. The number of carbonyl (C=O) groups is 1. The van der Waals surface area contributed by atoms with Crippen LogP contribution >= 0.6 is 0 Å². The summed E-state index contributed by atoms with van der Waals surface area (Å²) in [6, 6.07) is 12.8. The molecule has 1 saturated heterocycles. The fraction of sp³-hybridized carbons (Fsp3) is 0.250. The second kappa shape index (κ2) is 6.72. The smallest absolute Gasteiger partial charge is 0.256 e. The van der Waals surface area contributed by atoms with E-state index < -0.39 is 6.10 Å². The quantitative estimate of drug-likeness (QED) is 0.787. The molecule has 6 nitrogen and oxygen atoms in total. The van der Waals surface area contributed by atoms with Crippen LogP contribution in [0.1, 0.15) is 28.4 Å². The first kappa shape index (κ1) is 16.5. The highest BCUT2D eigenvalue weighted by atomic mass is 16.5. The van der Waals surface area contributed by atoms with Crippen molar-refractivity contribution in [3.63, 3.8) is 0 Å². The van der Waals surface area contributed by atoms with Crippen LogP contribution in [0.2, 0.25) is 0 Å². The summed E-state index contributed by atoms with van der Waals surface area (Å²) in [5, 5.41) is 10.2. The van der Waals surface area contributed by atoms with E-state index in [9.17, 15) is 9.90 Å². The van der Waals surface area contributed by atoms with Gasteiger partial charge in [0.15, 0.2) is 0 Å². The number of fused-ring (bicyclic) bond motifs is 1. The topological polar surface area (TPSA) is 75.6 Å². The molecule has 3 aromatic rings. The van der Waals surface area contributed by atoms with E-state index in [1.54, 1.807) is 36.5 Å². The minimum absolute atomic E-state index is 0.152. The molecule has 2 aromatic carbocycles. The van der Waals surface area contributed by atoms with Crippen molar-refractivity contribution in [3.8, 4) is 5.75 Å². The number of β-amino-alcohol motifs (C(OH)–C–C–N with tert-alkyl or cyclic N) is 1. The summed E-state index contributed by atoms with van der Waals surface area (Å²) in [7, 11) is 1.61. The van der Waals surface area contributed by atoms with Gasteiger partial charge in [-0.3, -0.25) is 14.8 Å². The standard InChI is InChI=1S/C20H19N3O3/c1-26-15-5-2-4-13(10-15)18-11-14(24)12-23(18)20(25)16-6-3-7-17-19(16)22-9-8-21-17/h2-10,14,18,24H,11-12H2,1H3/t14-,18-/m1/s1. The minimum Gasteiger partial charge on any atom is -0.497 e. The molecule has 4 rings (SSSR count). The van der Waals surface area contributed by atoms with E-state index in [4.69, 9.17) is 4.74 Å². The Bertz CT molecular complexity index is 954. The summed E-state index contributed by atoms with van der Waals surface area (Å²) in [6.45, 7) is 0.289. The van der Waals surface area contributed by atoms with E-state index in [1.807, 2.05) is 30.3 Å². The molecule has 26 heavy (non-hydrogen) atoms. The van der Waals surface area contributed by atoms with Crippen LogP contribution < -0.4 is 4.74 Å². The van der Waals surface area contributed by atoms with E-state index in [0.717, 1.165) is 11.3 Å². The zero-order valence-electron chi connectivity index (χ0n) is 14.4. The van der Waals surface area contributed by atoms with E-state index in [0.29, 0.717) is 23.0 Å². The summed E-state index contributed by atoms with van der Waals surface area (Å²) in [6.07, 6.45) is 3.12. The fourth-order valence-electron chi connectivity index (χ4n) is 3.52. The van der Waals surface area contributed by atoms with Crippen molar-refractivity contribution >= 4 is 16.9 Å². The van der Waals surface area contributed by atoms with Crippen LogP contribution in [-0.2, 0) is 0 Å². The Kier molecular flexibility index (Phi) is 4.26. The Morgan fingerprint density at radius 3 is 2.85 bits per heavy atom. The first-order valence-corrected chi connectivity index (χ1v) is 8.50. The summed E-state index contributed by atoms with van der Waals surface area (Å²) in [4.78, 5) is 23.6. The zero-order valence-corrected chi connectivity index (χ0v) is 14.4. The molecular formula is C20H19N3O3. The van der Waals surface area contributed by atoms with E-state index in [-0.39, 0.29) is 18.5 Å². The lowest BCUT2D eigenvalue weighted by atomic mass is 10.0. The molecule has 0 bridgehead atoms. The van der Waals surface area contributed by atoms with Crippen molar-refractivity contribution in [2.24, 2.45) is 0 Å². The molecule has 2 atom stereocenters. The number of aliphatic hydroxyl groups excluding tert-OH is 1. The first-order chi connectivity index (χ1) is 12.7. The monoisotopic (exact) mass is 349 g/mol. The largest absolute Gasteiger partial charge is 0.497 e. The normalized spacial score (nSPS) is 19.7. The Morgan fingerprint density at radius 1 is 1.19 bits per heavy atom. The van der Waals surface area contributed by atoms with Gasteiger partial charge in [0, 0.05) is 18.9 Å². The summed E-state index contributed by atoms with van der Waals surface area (Å²) in [5.74, 6) is 0.577. The van der Waals surface area contributed by atoms with Gasteiger partial charge in [0.25, 0.3) is 5.91 Å². The van der Waals surface area contributed by atoms with Crippen molar-refractivity contribution < 1.29 is 14.6 Å². The van der Waals surface area contributed by atoms with Gasteiger partial charge in [0.2, 0.25) is 0 Å². The molecule has 0 aliphatic carbocycles. The van der Waals surface area contributed by atoms with Gasteiger partial charge in [-0.05, 0) is 36.2 Å². The van der Waals surface area contributed by atoms with Crippen molar-refractivity contribution in [1.82, 2.24) is 14.9 Å². The third-order valence-electron chi connectivity index (χ3n) is 4.75. The molecule has 1 amide bonds. The molecule has 1 fully saturated rings. The molecule has 6 heteroatoms. The number of methoxy groups -OCH3 is 1. The van der Waals surface area contributed by atoms with Gasteiger partial charge in [-0.15, -0.1) is 0 Å². The number of nitrogens with zero attached hydrogens (tertiary/aromatic N) is 3. The number of amides is 1. The average molecular weight is 349 g/mol. The van der Waals surface area contributed by atoms with Crippen molar-refractivity contribution in [1.29, 1.82) is 0 Å². The lowest BCUT2D eigenvalue weighted by Gasteiger charge is -2.25. The minimum atomic E-state index is -0.559. The van der Waals surface area contributed by atoms with Crippen LogP contribution in [0.25, 0.3) is 11.0 Å². The number of rotatable bonds is 3. The van der Waals surface area contributed by atoms with Crippen molar-refractivity contribution in [3.05, 3.63) is 66.0 Å². The van der Waals surface area contributed by atoms with E-state index >= 15 is 0 Å². The molecule has 1 aliphatic heterocycles. The second-order valence-corrected chi connectivity index (χ2v) is 6.37. The number of para-hydroxylation sites is 1. The average Bonchev–Trinajstić information content (AvgIpc) is 3.09. The molecule has 2 heterocycles. The lowest BCUT2D eigenvalue weighted by molar-refractivity contribution is 0.0717. The Morgan fingerprint density at radius 2 is 2.00 bits per heavy atom. The number of ether oxygens (including phenoxy) is 1. The van der Waals surface area contributed by atoms with Crippen LogP contribution in [0.15, 0.2) is 54.9 Å². The van der Waals surface area contributed by atoms with Crippen LogP contribution in [0.5, 0.6) is 5.75 Å². The molecule has 0 radical (unpaired) electrons. The van der Waals surface area contributed by atoms with Crippen molar-refractivity contribution in [2.45, 2.75) is 18.6 Å². The van der Waals surface area contributed by atoms with Crippen molar-refractivity contribution in [2.75, 3.05) is 13.7 Å². The fourth-order valence-corrected chi connectivity index (χ4v) is 3.52. The van der Waals surface area contributed by atoms with Gasteiger partial charge in [0.1, 0.15) is 11.3 Å². The second-order valence-electron chi connectivity index (χ2n) is 6.37. The highest BCUT2D eigenvalue weighted by Gasteiger charge is 2.36. The molecule has 0 saturated carbocycles. The number of aliphatic hydroxyl groups is 1. The molecule has 132 valence electrons. The zero-order chi connectivity index (χ0) is 18.1. The van der Waals surface area contributed by atoms with Crippen LogP contribution in [0, 0.1) is 0 Å². The maximum atomic E-state index is 13.3. The summed E-state index contributed by atoms with van der Waals surface area (Å²) in [5.41, 5.74) is 2.69. The van der Waals surface area contributed by atoms with Gasteiger partial charge in [-0.2, -0.15) is 0 Å². The van der Waals surface area contributed by atoms with Gasteiger partial charge in [0.05, 0.1) is 30.3 Å². The van der Waals surface area contributed by atoms with Crippen LogP contribution in [-0.4, -0.2) is 45.6 Å². The molecule has 1 aromatic heterocycles. The van der Waals surface area contributed by atoms with Crippen LogP contribution in [0.3, 0.4) is 0 Å². The number of hydrogen-bond acceptors (Lipinski definition) is 5. The third-order valence-corrected chi connectivity index (χ3v) is 4.75. The maximum absolute atomic E-state index is 13.3. The number of carbonyl (C=O) groups excluding carboxylic acids is 1. The first-order valence-electron chi connectivity index (χ1n) is 8.50. The van der Waals surface area contributed by atoms with E-state index in [1.165, 1.54) is 0 Å². The number of aromatic nitrogens is 2. The third kappa shape index (κ3) is 2.88. The Balaban J connectivity index is 1.73. The lowest BCUT2D eigenvalue weighted by Crippen LogP contribution is -2.32. The number of hydrogen-bond donors (Lipinski definition) is 1. The number of benzene rings is 2. The molecule has 1 aliphatic rings. The van der Waals surface area contributed by atoms with Crippen LogP contribution in [0.4, 0.5) is 0 Å². The highest BCUT2D eigenvalue weighted by molar-refractivity contribution is 6.04. The Hall–Kier alpha value is -2.99. The predicted molar refractivity (Wildman–Crippen MR) is 96.9 cm³/mol. The SMILES string of the molecule is COc1cccc([C@H]2C[C@@H](O)CN2C(=O)c2cccc3nccnc23)c1.